The van der Waals surface area contributed by atoms with Crippen molar-refractivity contribution < 1.29 is 14.3 Å². The molecule has 0 bridgehead atoms. The van der Waals surface area contributed by atoms with Crippen LogP contribution in [0.5, 0.6) is 11.5 Å². The first kappa shape index (κ1) is 22.1. The van der Waals surface area contributed by atoms with Crippen LogP contribution in [0.15, 0.2) is 42.5 Å². The minimum Gasteiger partial charge on any atom is -0.494 e. The molecule has 0 aliphatic heterocycles. The predicted octanol–water partition coefficient (Wildman–Crippen LogP) is 4.23. The minimum atomic E-state index is 0.0325. The van der Waals surface area contributed by atoms with E-state index < -0.39 is 0 Å². The normalized spacial score (nSPS) is 11.1. The summed E-state index contributed by atoms with van der Waals surface area (Å²) in [6, 6.07) is 13.6. The van der Waals surface area contributed by atoms with E-state index in [0.29, 0.717) is 26.2 Å². The van der Waals surface area contributed by atoms with E-state index in [1.165, 1.54) is 11.3 Å². The van der Waals surface area contributed by atoms with Crippen molar-refractivity contribution >= 4 is 32.6 Å². The summed E-state index contributed by atoms with van der Waals surface area (Å²) >= 11 is 1.52. The van der Waals surface area contributed by atoms with Crippen molar-refractivity contribution in [2.75, 3.05) is 45.3 Å². The van der Waals surface area contributed by atoms with Gasteiger partial charge in [0.1, 0.15) is 11.5 Å². The number of amides is 1. The van der Waals surface area contributed by atoms with E-state index in [9.17, 15) is 4.79 Å². The zero-order valence-electron chi connectivity index (χ0n) is 18.1. The van der Waals surface area contributed by atoms with Crippen LogP contribution < -0.4 is 14.4 Å². The third-order valence-electron chi connectivity index (χ3n) is 4.55. The highest BCUT2D eigenvalue weighted by atomic mass is 32.1. The van der Waals surface area contributed by atoms with Gasteiger partial charge < -0.3 is 14.4 Å². The summed E-state index contributed by atoms with van der Waals surface area (Å²) in [5.41, 5.74) is 1.83. The summed E-state index contributed by atoms with van der Waals surface area (Å²) in [6.07, 6.45) is 0.319. The number of fused-ring (bicyclic) bond motifs is 1. The van der Waals surface area contributed by atoms with E-state index in [0.717, 1.165) is 39.0 Å². The highest BCUT2D eigenvalue weighted by molar-refractivity contribution is 7.22. The van der Waals surface area contributed by atoms with Gasteiger partial charge in [-0.1, -0.05) is 23.5 Å². The lowest BCUT2D eigenvalue weighted by Gasteiger charge is -2.22. The van der Waals surface area contributed by atoms with E-state index in [2.05, 4.69) is 4.90 Å². The smallest absolute Gasteiger partial charge is 0.233 e. The van der Waals surface area contributed by atoms with Gasteiger partial charge >= 0.3 is 0 Å². The molecule has 0 unspecified atom stereocenters. The van der Waals surface area contributed by atoms with Crippen LogP contribution in [0.3, 0.4) is 0 Å². The standard InChI is InChI=1S/C23H29N3O3S/c1-5-28-18-9-7-17(8-10-18)15-22(27)26(14-13-25(3)4)23-24-20-12-11-19(29-6-2)16-21(20)30-23/h7-12,16H,5-6,13-15H2,1-4H3. The van der Waals surface area contributed by atoms with Gasteiger partial charge in [-0.05, 0) is 63.8 Å². The number of aromatic nitrogens is 1. The summed E-state index contributed by atoms with van der Waals surface area (Å²) in [6.45, 7) is 6.50. The average Bonchev–Trinajstić information content (AvgIpc) is 3.13. The fraction of sp³-hybridized carbons (Fsp3) is 0.391. The molecule has 0 saturated heterocycles. The number of carbonyl (C=O) groups excluding carboxylic acids is 1. The van der Waals surface area contributed by atoms with Gasteiger partial charge in [-0.25, -0.2) is 4.98 Å². The number of rotatable bonds is 10. The molecule has 3 aromatic rings. The van der Waals surface area contributed by atoms with Crippen LogP contribution in [0.2, 0.25) is 0 Å². The van der Waals surface area contributed by atoms with E-state index in [1.54, 1.807) is 4.90 Å². The molecule has 6 nitrogen and oxygen atoms in total. The van der Waals surface area contributed by atoms with Crippen LogP contribution in [0.25, 0.3) is 10.2 Å². The van der Waals surface area contributed by atoms with Crippen molar-refractivity contribution in [1.29, 1.82) is 0 Å². The first-order chi connectivity index (χ1) is 14.5. The Kier molecular flexibility index (Phi) is 7.65. The van der Waals surface area contributed by atoms with Gasteiger partial charge in [-0.2, -0.15) is 0 Å². The number of anilines is 1. The molecule has 0 N–H and O–H groups in total. The lowest BCUT2D eigenvalue weighted by atomic mass is 10.1. The number of hydrogen-bond acceptors (Lipinski definition) is 6. The maximum atomic E-state index is 13.2. The maximum absolute atomic E-state index is 13.2. The SMILES string of the molecule is CCOc1ccc(CC(=O)N(CCN(C)C)c2nc3ccc(OCC)cc3s2)cc1. The second-order valence-electron chi connectivity index (χ2n) is 7.16. The molecular weight excluding hydrogens is 398 g/mol. The Bertz CT molecular complexity index is 969. The van der Waals surface area contributed by atoms with Crippen molar-refractivity contribution in [2.24, 2.45) is 0 Å². The molecule has 3 rings (SSSR count). The molecule has 0 atom stereocenters. The summed E-state index contributed by atoms with van der Waals surface area (Å²) < 4.78 is 12.1. The molecule has 160 valence electrons. The second-order valence-corrected chi connectivity index (χ2v) is 8.17. The quantitative estimate of drug-likeness (QED) is 0.485. The van der Waals surface area contributed by atoms with Gasteiger partial charge in [0.2, 0.25) is 5.91 Å². The Labute approximate surface area is 182 Å². The van der Waals surface area contributed by atoms with Crippen molar-refractivity contribution in [2.45, 2.75) is 20.3 Å². The fourth-order valence-electron chi connectivity index (χ4n) is 3.03. The maximum Gasteiger partial charge on any atom is 0.233 e. The van der Waals surface area contributed by atoms with Crippen molar-refractivity contribution in [3.63, 3.8) is 0 Å². The van der Waals surface area contributed by atoms with Crippen LogP contribution in [0, 0.1) is 0 Å². The fourth-order valence-corrected chi connectivity index (χ4v) is 4.07. The highest BCUT2D eigenvalue weighted by Gasteiger charge is 2.20. The van der Waals surface area contributed by atoms with E-state index in [1.807, 2.05) is 70.4 Å². The number of likely N-dealkylation sites (N-methyl/N-ethyl adjacent to an activating group) is 1. The van der Waals surface area contributed by atoms with Crippen LogP contribution in [0.1, 0.15) is 19.4 Å². The summed E-state index contributed by atoms with van der Waals surface area (Å²) in [5.74, 6) is 1.67. The zero-order valence-corrected chi connectivity index (χ0v) is 18.9. The van der Waals surface area contributed by atoms with E-state index in [4.69, 9.17) is 14.5 Å². The third kappa shape index (κ3) is 5.70. The number of nitrogens with zero attached hydrogens (tertiary/aromatic N) is 3. The molecule has 30 heavy (non-hydrogen) atoms. The van der Waals surface area contributed by atoms with Gasteiger partial charge in [-0.15, -0.1) is 0 Å². The number of ether oxygens (including phenoxy) is 2. The molecule has 0 aliphatic carbocycles. The number of benzene rings is 2. The van der Waals surface area contributed by atoms with E-state index >= 15 is 0 Å². The molecule has 0 spiro atoms. The van der Waals surface area contributed by atoms with Crippen LogP contribution in [0.4, 0.5) is 5.13 Å². The van der Waals surface area contributed by atoms with Crippen LogP contribution in [-0.2, 0) is 11.2 Å². The third-order valence-corrected chi connectivity index (χ3v) is 5.59. The number of thiazole rings is 1. The second kappa shape index (κ2) is 10.4. The monoisotopic (exact) mass is 427 g/mol. The first-order valence-corrected chi connectivity index (χ1v) is 11.0. The lowest BCUT2D eigenvalue weighted by molar-refractivity contribution is -0.118. The molecule has 7 heteroatoms. The Balaban J connectivity index is 1.82. The van der Waals surface area contributed by atoms with Gasteiger partial charge in [0.25, 0.3) is 0 Å². The van der Waals surface area contributed by atoms with Gasteiger partial charge in [0.05, 0.1) is 29.9 Å². The Morgan fingerprint density at radius 2 is 1.63 bits per heavy atom. The lowest BCUT2D eigenvalue weighted by Crippen LogP contribution is -2.37. The van der Waals surface area contributed by atoms with Gasteiger partial charge in [0, 0.05) is 13.1 Å². The molecule has 2 aromatic carbocycles. The number of hydrogen-bond donors (Lipinski definition) is 0. The molecule has 1 aromatic heterocycles. The first-order valence-electron chi connectivity index (χ1n) is 10.2. The molecule has 0 saturated carbocycles. The van der Waals surface area contributed by atoms with Crippen molar-refractivity contribution in [3.8, 4) is 11.5 Å². The predicted molar refractivity (Wildman–Crippen MR) is 123 cm³/mol. The molecule has 0 radical (unpaired) electrons. The number of carbonyl (C=O) groups is 1. The Morgan fingerprint density at radius 1 is 0.967 bits per heavy atom. The minimum absolute atomic E-state index is 0.0325. The molecule has 1 heterocycles. The van der Waals surface area contributed by atoms with Crippen molar-refractivity contribution in [3.05, 3.63) is 48.0 Å². The average molecular weight is 428 g/mol. The zero-order chi connectivity index (χ0) is 21.5. The molecule has 0 fully saturated rings. The molecule has 0 aliphatic rings. The van der Waals surface area contributed by atoms with E-state index in [-0.39, 0.29) is 5.91 Å². The topological polar surface area (TPSA) is 54.9 Å². The molecule has 1 amide bonds. The Hall–Kier alpha value is -2.64. The van der Waals surface area contributed by atoms with Gasteiger partial charge in [-0.3, -0.25) is 9.69 Å². The largest absolute Gasteiger partial charge is 0.494 e. The summed E-state index contributed by atoms with van der Waals surface area (Å²) in [7, 11) is 4.00. The highest BCUT2D eigenvalue weighted by Crippen LogP contribution is 2.32. The summed E-state index contributed by atoms with van der Waals surface area (Å²) in [4.78, 5) is 21.8. The van der Waals surface area contributed by atoms with Crippen molar-refractivity contribution in [1.82, 2.24) is 9.88 Å². The Morgan fingerprint density at radius 3 is 2.30 bits per heavy atom. The van der Waals surface area contributed by atoms with Crippen LogP contribution >= 0.6 is 11.3 Å². The molecular formula is C23H29N3O3S. The summed E-state index contributed by atoms with van der Waals surface area (Å²) in [5, 5.41) is 0.719. The van der Waals surface area contributed by atoms with Crippen LogP contribution in [-0.4, -0.2) is 56.2 Å². The van der Waals surface area contributed by atoms with Gasteiger partial charge in [0.15, 0.2) is 5.13 Å².